The number of nitrogens with one attached hydrogen (secondary N) is 1. The monoisotopic (exact) mass is 202 g/mol. The second kappa shape index (κ2) is 4.95. The van der Waals surface area contributed by atoms with E-state index in [1.54, 1.807) is 0 Å². The van der Waals surface area contributed by atoms with Gasteiger partial charge in [-0.2, -0.15) is 0 Å². The van der Waals surface area contributed by atoms with Crippen LogP contribution in [0.4, 0.5) is 0 Å². The van der Waals surface area contributed by atoms with Crippen molar-refractivity contribution in [3.63, 3.8) is 0 Å². The summed E-state index contributed by atoms with van der Waals surface area (Å²) in [5.41, 5.74) is 4.27. The molecule has 0 aromatic carbocycles. The Morgan fingerprint density at radius 1 is 1.50 bits per heavy atom. The van der Waals surface area contributed by atoms with Crippen LogP contribution >= 0.6 is 0 Å². The number of amides is 1. The molecule has 0 bridgehead atoms. The topological polar surface area (TPSA) is 92.4 Å². The van der Waals surface area contributed by atoms with Gasteiger partial charge in [-0.25, -0.2) is 4.79 Å². The molecular weight excluding hydrogens is 184 g/mol. The molecule has 5 heteroatoms. The van der Waals surface area contributed by atoms with E-state index >= 15 is 0 Å². The lowest BCUT2D eigenvalue weighted by atomic mass is 10.0. The van der Waals surface area contributed by atoms with Gasteiger partial charge in [-0.05, 0) is 20.3 Å². The SMILES string of the molecule is CCC[C@@H](N)C(=O)NC(C)(C)C(=O)O. The Kier molecular flexibility index (Phi) is 4.56. The third-order valence-corrected chi connectivity index (χ3v) is 1.91. The van der Waals surface area contributed by atoms with Gasteiger partial charge >= 0.3 is 5.97 Å². The van der Waals surface area contributed by atoms with E-state index in [0.29, 0.717) is 6.42 Å². The molecule has 0 aliphatic carbocycles. The van der Waals surface area contributed by atoms with Crippen LogP contribution in [0.1, 0.15) is 33.6 Å². The van der Waals surface area contributed by atoms with Gasteiger partial charge in [0, 0.05) is 0 Å². The van der Waals surface area contributed by atoms with Gasteiger partial charge in [0.1, 0.15) is 5.54 Å². The zero-order chi connectivity index (χ0) is 11.4. The van der Waals surface area contributed by atoms with Crippen molar-refractivity contribution in [2.45, 2.75) is 45.2 Å². The molecule has 0 aromatic heterocycles. The average Bonchev–Trinajstić information content (AvgIpc) is 2.03. The van der Waals surface area contributed by atoms with Gasteiger partial charge in [0.25, 0.3) is 0 Å². The first-order valence-corrected chi connectivity index (χ1v) is 4.62. The Morgan fingerprint density at radius 3 is 2.36 bits per heavy atom. The van der Waals surface area contributed by atoms with Crippen molar-refractivity contribution in [3.8, 4) is 0 Å². The molecule has 0 heterocycles. The van der Waals surface area contributed by atoms with Gasteiger partial charge in [0.15, 0.2) is 0 Å². The Balaban J connectivity index is 4.24. The zero-order valence-electron chi connectivity index (χ0n) is 8.83. The number of hydrogen-bond acceptors (Lipinski definition) is 3. The van der Waals surface area contributed by atoms with Gasteiger partial charge in [0.2, 0.25) is 5.91 Å². The van der Waals surface area contributed by atoms with Crippen LogP contribution in [-0.2, 0) is 9.59 Å². The summed E-state index contributed by atoms with van der Waals surface area (Å²) in [6, 6.07) is -0.626. The molecule has 0 saturated carbocycles. The number of carbonyl (C=O) groups is 2. The number of carboxylic acid groups (broad SMARTS) is 1. The van der Waals surface area contributed by atoms with Gasteiger partial charge < -0.3 is 16.2 Å². The molecule has 0 aliphatic rings. The molecule has 0 aliphatic heterocycles. The summed E-state index contributed by atoms with van der Waals surface area (Å²) < 4.78 is 0. The zero-order valence-corrected chi connectivity index (χ0v) is 8.83. The summed E-state index contributed by atoms with van der Waals surface area (Å²) >= 11 is 0. The fourth-order valence-corrected chi connectivity index (χ4v) is 0.896. The van der Waals surface area contributed by atoms with Crippen LogP contribution in [0.2, 0.25) is 0 Å². The smallest absolute Gasteiger partial charge is 0.328 e. The maximum Gasteiger partial charge on any atom is 0.328 e. The molecule has 0 fully saturated rings. The van der Waals surface area contributed by atoms with Gasteiger partial charge in [-0.1, -0.05) is 13.3 Å². The predicted octanol–water partition coefficient (Wildman–Crippen LogP) is 0.0932. The highest BCUT2D eigenvalue weighted by Crippen LogP contribution is 2.03. The van der Waals surface area contributed by atoms with E-state index in [2.05, 4.69) is 5.32 Å². The Labute approximate surface area is 83.7 Å². The van der Waals surface area contributed by atoms with Crippen molar-refractivity contribution in [1.29, 1.82) is 0 Å². The van der Waals surface area contributed by atoms with Crippen molar-refractivity contribution in [1.82, 2.24) is 5.32 Å². The number of hydrogen-bond donors (Lipinski definition) is 3. The lowest BCUT2D eigenvalue weighted by Crippen LogP contribution is -2.54. The van der Waals surface area contributed by atoms with E-state index in [0.717, 1.165) is 6.42 Å². The lowest BCUT2D eigenvalue weighted by molar-refractivity contribution is -0.146. The maximum absolute atomic E-state index is 11.4. The highest BCUT2D eigenvalue weighted by molar-refractivity contribution is 5.88. The molecule has 82 valence electrons. The fraction of sp³-hybridized carbons (Fsp3) is 0.778. The van der Waals surface area contributed by atoms with Gasteiger partial charge in [-0.3, -0.25) is 4.79 Å². The standard InChI is InChI=1S/C9H18N2O3/c1-4-5-6(10)7(12)11-9(2,3)8(13)14/h6H,4-5,10H2,1-3H3,(H,11,12)(H,13,14)/t6-/m1/s1. The molecular formula is C9H18N2O3. The molecule has 0 rings (SSSR count). The van der Waals surface area contributed by atoms with Crippen LogP contribution in [0, 0.1) is 0 Å². The largest absolute Gasteiger partial charge is 0.480 e. The average molecular weight is 202 g/mol. The minimum Gasteiger partial charge on any atom is -0.480 e. The molecule has 4 N–H and O–H groups in total. The first-order chi connectivity index (χ1) is 6.31. The highest BCUT2D eigenvalue weighted by Gasteiger charge is 2.30. The van der Waals surface area contributed by atoms with Crippen molar-refractivity contribution >= 4 is 11.9 Å². The third kappa shape index (κ3) is 3.74. The summed E-state index contributed by atoms with van der Waals surface area (Å²) in [4.78, 5) is 22.0. The summed E-state index contributed by atoms with van der Waals surface area (Å²) in [7, 11) is 0. The second-order valence-electron chi connectivity index (χ2n) is 3.81. The molecule has 5 nitrogen and oxygen atoms in total. The van der Waals surface area contributed by atoms with Crippen LogP contribution in [0.3, 0.4) is 0 Å². The Hall–Kier alpha value is -1.10. The Bertz CT molecular complexity index is 226. The first kappa shape index (κ1) is 12.9. The number of nitrogens with two attached hydrogens (primary N) is 1. The van der Waals surface area contributed by atoms with Crippen molar-refractivity contribution in [3.05, 3.63) is 0 Å². The van der Waals surface area contributed by atoms with Crippen LogP contribution in [0.25, 0.3) is 0 Å². The van der Waals surface area contributed by atoms with Crippen molar-refractivity contribution in [2.75, 3.05) is 0 Å². The molecule has 0 saturated heterocycles. The van der Waals surface area contributed by atoms with E-state index in [9.17, 15) is 9.59 Å². The molecule has 14 heavy (non-hydrogen) atoms. The van der Waals surface area contributed by atoms with E-state index in [4.69, 9.17) is 10.8 Å². The number of rotatable bonds is 5. The summed E-state index contributed by atoms with van der Waals surface area (Å²) in [5.74, 6) is -1.49. The van der Waals surface area contributed by atoms with Crippen molar-refractivity contribution < 1.29 is 14.7 Å². The molecule has 1 atom stereocenters. The Morgan fingerprint density at radius 2 is 2.00 bits per heavy atom. The molecule has 0 aromatic rings. The maximum atomic E-state index is 11.4. The van der Waals surface area contributed by atoms with Crippen molar-refractivity contribution in [2.24, 2.45) is 5.73 Å². The normalized spacial score (nSPS) is 13.4. The fourth-order valence-electron chi connectivity index (χ4n) is 0.896. The van der Waals surface area contributed by atoms with E-state index < -0.39 is 23.5 Å². The molecule has 0 unspecified atom stereocenters. The summed E-state index contributed by atoms with van der Waals surface area (Å²) in [6.45, 7) is 4.76. The number of carbonyl (C=O) groups excluding carboxylic acids is 1. The lowest BCUT2D eigenvalue weighted by Gasteiger charge is -2.23. The van der Waals surface area contributed by atoms with Crippen LogP contribution in [-0.4, -0.2) is 28.6 Å². The second-order valence-corrected chi connectivity index (χ2v) is 3.81. The third-order valence-electron chi connectivity index (χ3n) is 1.91. The van der Waals surface area contributed by atoms with Crippen LogP contribution in [0.5, 0.6) is 0 Å². The summed E-state index contributed by atoms with van der Waals surface area (Å²) in [6.07, 6.45) is 1.35. The van der Waals surface area contributed by atoms with Gasteiger partial charge in [-0.15, -0.1) is 0 Å². The minimum atomic E-state index is -1.26. The van der Waals surface area contributed by atoms with E-state index in [1.165, 1.54) is 13.8 Å². The molecule has 0 radical (unpaired) electrons. The molecule has 0 spiro atoms. The number of carboxylic acids is 1. The highest BCUT2D eigenvalue weighted by atomic mass is 16.4. The van der Waals surface area contributed by atoms with E-state index in [-0.39, 0.29) is 0 Å². The summed E-state index contributed by atoms with van der Waals surface area (Å²) in [5, 5.41) is 11.1. The van der Waals surface area contributed by atoms with E-state index in [1.807, 2.05) is 6.92 Å². The van der Waals surface area contributed by atoms with Crippen LogP contribution < -0.4 is 11.1 Å². The van der Waals surface area contributed by atoms with Crippen LogP contribution in [0.15, 0.2) is 0 Å². The molecule has 1 amide bonds. The quantitative estimate of drug-likeness (QED) is 0.589. The first-order valence-electron chi connectivity index (χ1n) is 4.62. The predicted molar refractivity (Wildman–Crippen MR) is 52.7 cm³/mol. The number of aliphatic carboxylic acids is 1. The minimum absolute atomic E-state index is 0.417. The van der Waals surface area contributed by atoms with Gasteiger partial charge in [0.05, 0.1) is 6.04 Å².